The van der Waals surface area contributed by atoms with Crippen molar-refractivity contribution in [2.24, 2.45) is 0 Å². The number of hydrogen-bond donors (Lipinski definition) is 0. The highest BCUT2D eigenvalue weighted by atomic mass is 32.2. The summed E-state index contributed by atoms with van der Waals surface area (Å²) in [4.78, 5) is 15.7. The molecule has 86 valence electrons. The van der Waals surface area contributed by atoms with Crippen molar-refractivity contribution in [3.8, 4) is 0 Å². The lowest BCUT2D eigenvalue weighted by atomic mass is 10.2. The largest absolute Gasteiger partial charge is 0.298 e. The van der Waals surface area contributed by atoms with Gasteiger partial charge in [0.2, 0.25) is 0 Å². The molecular weight excluding hydrogens is 218 g/mol. The Labute approximate surface area is 101 Å². The summed E-state index contributed by atoms with van der Waals surface area (Å²) >= 11 is 1.84. The van der Waals surface area contributed by atoms with Gasteiger partial charge in [0.15, 0.2) is 0 Å². The second kappa shape index (κ2) is 6.04. The molecule has 1 aromatic heterocycles. The van der Waals surface area contributed by atoms with Crippen molar-refractivity contribution in [2.45, 2.75) is 37.4 Å². The molecule has 0 bridgehead atoms. The number of carbonyl (C=O) groups excluding carboxylic acids is 1. The van der Waals surface area contributed by atoms with Gasteiger partial charge in [-0.05, 0) is 24.5 Å². The van der Waals surface area contributed by atoms with E-state index in [1.807, 2.05) is 23.9 Å². The summed E-state index contributed by atoms with van der Waals surface area (Å²) in [6, 6.07) is 3.85. The van der Waals surface area contributed by atoms with Crippen molar-refractivity contribution in [3.05, 3.63) is 30.1 Å². The highest BCUT2D eigenvalue weighted by Crippen LogP contribution is 2.29. The number of carbonyl (C=O) groups is 1. The van der Waals surface area contributed by atoms with Crippen LogP contribution in [0.3, 0.4) is 0 Å². The Hall–Kier alpha value is -0.830. The van der Waals surface area contributed by atoms with Crippen LogP contribution in [-0.2, 0) is 11.2 Å². The van der Waals surface area contributed by atoms with Gasteiger partial charge >= 0.3 is 0 Å². The van der Waals surface area contributed by atoms with Crippen LogP contribution < -0.4 is 0 Å². The SMILES string of the molecule is O=C(CSC1CCCC1)Cc1cccnc1. The molecule has 16 heavy (non-hydrogen) atoms. The van der Waals surface area contributed by atoms with Crippen LogP contribution in [0, 0.1) is 0 Å². The van der Waals surface area contributed by atoms with E-state index >= 15 is 0 Å². The van der Waals surface area contributed by atoms with Crippen LogP contribution in [0.15, 0.2) is 24.5 Å². The zero-order valence-electron chi connectivity index (χ0n) is 9.39. The van der Waals surface area contributed by atoms with Gasteiger partial charge in [0.05, 0.1) is 5.75 Å². The minimum absolute atomic E-state index is 0.324. The molecule has 2 nitrogen and oxygen atoms in total. The molecule has 1 aromatic rings. The third-order valence-corrected chi connectivity index (χ3v) is 4.34. The van der Waals surface area contributed by atoms with Crippen LogP contribution in [0.4, 0.5) is 0 Å². The molecule has 1 aliphatic rings. The monoisotopic (exact) mass is 235 g/mol. The van der Waals surface area contributed by atoms with Gasteiger partial charge in [-0.25, -0.2) is 0 Å². The van der Waals surface area contributed by atoms with Crippen molar-refractivity contribution in [1.82, 2.24) is 4.98 Å². The predicted octanol–water partition coefficient (Wildman–Crippen LogP) is 2.87. The molecule has 3 heteroatoms. The molecule has 2 rings (SSSR count). The number of Topliss-reactive ketones (excluding diaryl/α,β-unsaturated/α-hetero) is 1. The molecular formula is C13H17NOS. The zero-order chi connectivity index (χ0) is 11.2. The molecule has 1 saturated carbocycles. The van der Waals surface area contributed by atoms with Gasteiger partial charge < -0.3 is 0 Å². The Morgan fingerprint density at radius 1 is 1.44 bits per heavy atom. The van der Waals surface area contributed by atoms with Gasteiger partial charge in [-0.15, -0.1) is 0 Å². The summed E-state index contributed by atoms with van der Waals surface area (Å²) in [5, 5.41) is 0.734. The summed E-state index contributed by atoms with van der Waals surface area (Å²) in [5.74, 6) is 0.990. The van der Waals surface area contributed by atoms with Gasteiger partial charge in [-0.1, -0.05) is 18.9 Å². The quantitative estimate of drug-likeness (QED) is 0.786. The summed E-state index contributed by atoms with van der Waals surface area (Å²) in [6.45, 7) is 0. The van der Waals surface area contributed by atoms with Crippen molar-refractivity contribution >= 4 is 17.5 Å². The average Bonchev–Trinajstić information content (AvgIpc) is 2.81. The van der Waals surface area contributed by atoms with E-state index in [9.17, 15) is 4.79 Å². The van der Waals surface area contributed by atoms with Gasteiger partial charge in [-0.2, -0.15) is 11.8 Å². The van der Waals surface area contributed by atoms with E-state index in [2.05, 4.69) is 4.98 Å². The number of nitrogens with zero attached hydrogens (tertiary/aromatic N) is 1. The van der Waals surface area contributed by atoms with Crippen molar-refractivity contribution in [3.63, 3.8) is 0 Å². The molecule has 0 aromatic carbocycles. The lowest BCUT2D eigenvalue weighted by molar-refractivity contribution is -0.116. The summed E-state index contributed by atoms with van der Waals surface area (Å²) in [6.07, 6.45) is 9.32. The van der Waals surface area contributed by atoms with E-state index in [-0.39, 0.29) is 0 Å². The Bertz CT molecular complexity index is 333. The molecule has 1 aliphatic carbocycles. The fraction of sp³-hybridized carbons (Fsp3) is 0.538. The first-order valence-electron chi connectivity index (χ1n) is 5.87. The predicted molar refractivity (Wildman–Crippen MR) is 67.7 cm³/mol. The topological polar surface area (TPSA) is 30.0 Å². The summed E-state index contributed by atoms with van der Waals surface area (Å²) < 4.78 is 0. The standard InChI is InChI=1S/C13H17NOS/c15-12(8-11-4-3-7-14-9-11)10-16-13-5-1-2-6-13/h3-4,7,9,13H,1-2,5-6,8,10H2. The number of thioether (sulfide) groups is 1. The summed E-state index contributed by atoms with van der Waals surface area (Å²) in [7, 11) is 0. The number of pyridine rings is 1. The maximum Gasteiger partial charge on any atom is 0.147 e. The van der Waals surface area contributed by atoms with E-state index in [0.29, 0.717) is 18.0 Å². The first kappa shape index (κ1) is 11.6. The number of rotatable bonds is 5. The van der Waals surface area contributed by atoms with Crippen LogP contribution >= 0.6 is 11.8 Å². The molecule has 1 fully saturated rings. The Balaban J connectivity index is 1.72. The maximum absolute atomic E-state index is 11.7. The maximum atomic E-state index is 11.7. The van der Waals surface area contributed by atoms with E-state index in [1.54, 1.807) is 12.4 Å². The smallest absolute Gasteiger partial charge is 0.147 e. The first-order chi connectivity index (χ1) is 7.84. The lowest BCUT2D eigenvalue weighted by Gasteiger charge is -2.07. The fourth-order valence-corrected chi connectivity index (χ4v) is 3.24. The fourth-order valence-electron chi connectivity index (χ4n) is 2.05. The van der Waals surface area contributed by atoms with E-state index in [1.165, 1.54) is 25.7 Å². The molecule has 0 amide bonds. The third kappa shape index (κ3) is 3.63. The van der Waals surface area contributed by atoms with Crippen LogP contribution in [-0.4, -0.2) is 21.8 Å². The van der Waals surface area contributed by atoms with Crippen LogP contribution in [0.5, 0.6) is 0 Å². The highest BCUT2D eigenvalue weighted by molar-refractivity contribution is 8.00. The molecule has 0 aliphatic heterocycles. The lowest BCUT2D eigenvalue weighted by Crippen LogP contribution is -2.09. The van der Waals surface area contributed by atoms with Crippen LogP contribution in [0.1, 0.15) is 31.2 Å². The van der Waals surface area contributed by atoms with Crippen molar-refractivity contribution in [1.29, 1.82) is 0 Å². The van der Waals surface area contributed by atoms with Gasteiger partial charge in [0, 0.05) is 24.1 Å². The molecule has 0 spiro atoms. The van der Waals surface area contributed by atoms with E-state index in [4.69, 9.17) is 0 Å². The minimum atomic E-state index is 0.324. The molecule has 0 radical (unpaired) electrons. The van der Waals surface area contributed by atoms with E-state index < -0.39 is 0 Å². The molecule has 1 heterocycles. The first-order valence-corrected chi connectivity index (χ1v) is 6.91. The van der Waals surface area contributed by atoms with Gasteiger partial charge in [0.1, 0.15) is 5.78 Å². The van der Waals surface area contributed by atoms with Crippen molar-refractivity contribution in [2.75, 3.05) is 5.75 Å². The second-order valence-electron chi connectivity index (χ2n) is 4.29. The summed E-state index contributed by atoms with van der Waals surface area (Å²) in [5.41, 5.74) is 1.03. The molecule has 0 N–H and O–H groups in total. The van der Waals surface area contributed by atoms with E-state index in [0.717, 1.165) is 10.8 Å². The second-order valence-corrected chi connectivity index (χ2v) is 5.58. The Kier molecular flexibility index (Phi) is 4.40. The highest BCUT2D eigenvalue weighted by Gasteiger charge is 2.16. The van der Waals surface area contributed by atoms with Gasteiger partial charge in [0.25, 0.3) is 0 Å². The van der Waals surface area contributed by atoms with Gasteiger partial charge in [-0.3, -0.25) is 9.78 Å². The molecule has 0 unspecified atom stereocenters. The number of ketones is 1. The zero-order valence-corrected chi connectivity index (χ0v) is 10.2. The number of hydrogen-bond acceptors (Lipinski definition) is 3. The molecule has 0 saturated heterocycles. The molecule has 0 atom stereocenters. The Morgan fingerprint density at radius 2 is 2.25 bits per heavy atom. The van der Waals surface area contributed by atoms with Crippen LogP contribution in [0.25, 0.3) is 0 Å². The van der Waals surface area contributed by atoms with Crippen molar-refractivity contribution < 1.29 is 4.79 Å². The number of aromatic nitrogens is 1. The Morgan fingerprint density at radius 3 is 2.94 bits per heavy atom. The third-order valence-electron chi connectivity index (χ3n) is 2.91. The average molecular weight is 235 g/mol. The van der Waals surface area contributed by atoms with Crippen LogP contribution in [0.2, 0.25) is 0 Å². The minimum Gasteiger partial charge on any atom is -0.298 e. The normalized spacial score (nSPS) is 16.5.